The second-order valence-electron chi connectivity index (χ2n) is 4.66. The molecule has 2 rings (SSSR count). The number of carbonyl (C=O) groups is 1. The minimum Gasteiger partial charge on any atom is -0.487 e. The van der Waals surface area contributed by atoms with Crippen LogP contribution in [0.1, 0.15) is 20.3 Å². The number of likely N-dealkylation sites (tertiary alicyclic amines) is 1. The van der Waals surface area contributed by atoms with Gasteiger partial charge in [0.05, 0.1) is 12.7 Å². The van der Waals surface area contributed by atoms with E-state index in [9.17, 15) is 4.79 Å². The van der Waals surface area contributed by atoms with E-state index in [-0.39, 0.29) is 17.9 Å². The molecule has 1 saturated heterocycles. The van der Waals surface area contributed by atoms with Gasteiger partial charge < -0.3 is 9.64 Å². The summed E-state index contributed by atoms with van der Waals surface area (Å²) in [4.78, 5) is 17.7. The lowest BCUT2D eigenvalue weighted by Gasteiger charge is -2.19. The molecular weight excluding hydrogens is 216 g/mol. The number of ether oxygens (including phenoxy) is 1. The second kappa shape index (κ2) is 5.17. The predicted molar refractivity (Wildman–Crippen MR) is 64.7 cm³/mol. The van der Waals surface area contributed by atoms with Crippen LogP contribution >= 0.6 is 0 Å². The molecular formula is C13H18N2O2. The first-order valence-corrected chi connectivity index (χ1v) is 6.02. The van der Waals surface area contributed by atoms with Gasteiger partial charge in [0.1, 0.15) is 11.9 Å². The molecule has 0 spiro atoms. The summed E-state index contributed by atoms with van der Waals surface area (Å²) >= 11 is 0. The van der Waals surface area contributed by atoms with E-state index >= 15 is 0 Å². The monoisotopic (exact) mass is 234 g/mol. The van der Waals surface area contributed by atoms with Gasteiger partial charge in [-0.2, -0.15) is 0 Å². The van der Waals surface area contributed by atoms with Crippen molar-refractivity contribution in [3.63, 3.8) is 0 Å². The van der Waals surface area contributed by atoms with Crippen molar-refractivity contribution in [2.45, 2.75) is 26.4 Å². The molecule has 0 saturated carbocycles. The number of rotatable bonds is 3. The van der Waals surface area contributed by atoms with E-state index in [4.69, 9.17) is 4.74 Å². The van der Waals surface area contributed by atoms with E-state index in [1.54, 1.807) is 12.4 Å². The van der Waals surface area contributed by atoms with E-state index in [0.29, 0.717) is 6.54 Å². The Morgan fingerprint density at radius 2 is 2.41 bits per heavy atom. The third-order valence-corrected chi connectivity index (χ3v) is 2.89. The van der Waals surface area contributed by atoms with Gasteiger partial charge in [0, 0.05) is 25.1 Å². The van der Waals surface area contributed by atoms with Crippen molar-refractivity contribution in [2.24, 2.45) is 5.92 Å². The van der Waals surface area contributed by atoms with Crippen LogP contribution in [0.4, 0.5) is 0 Å². The Labute approximate surface area is 102 Å². The molecule has 0 bridgehead atoms. The maximum atomic E-state index is 11.8. The molecule has 0 aromatic carbocycles. The molecule has 0 aliphatic carbocycles. The van der Waals surface area contributed by atoms with Crippen molar-refractivity contribution < 1.29 is 9.53 Å². The van der Waals surface area contributed by atoms with Crippen molar-refractivity contribution in [3.8, 4) is 5.75 Å². The summed E-state index contributed by atoms with van der Waals surface area (Å²) in [6, 6.07) is 3.74. The number of amides is 1. The molecule has 1 aliphatic heterocycles. The molecule has 4 heteroatoms. The molecule has 0 radical (unpaired) electrons. The molecule has 1 atom stereocenters. The summed E-state index contributed by atoms with van der Waals surface area (Å²) in [5, 5.41) is 0. The van der Waals surface area contributed by atoms with Crippen LogP contribution in [0.2, 0.25) is 0 Å². The summed E-state index contributed by atoms with van der Waals surface area (Å²) in [6.07, 6.45) is 4.41. The molecule has 1 aromatic heterocycles. The molecule has 17 heavy (non-hydrogen) atoms. The molecule has 1 aliphatic rings. The highest BCUT2D eigenvalue weighted by Crippen LogP contribution is 2.18. The Hall–Kier alpha value is -1.58. The minimum atomic E-state index is 0.0622. The van der Waals surface area contributed by atoms with Gasteiger partial charge in [-0.15, -0.1) is 0 Å². The maximum Gasteiger partial charge on any atom is 0.225 e. The highest BCUT2D eigenvalue weighted by Gasteiger charge is 2.28. The van der Waals surface area contributed by atoms with Gasteiger partial charge in [-0.1, -0.05) is 13.8 Å². The Kier molecular flexibility index (Phi) is 3.61. The number of nitrogens with zero attached hydrogens (tertiary/aromatic N) is 2. The summed E-state index contributed by atoms with van der Waals surface area (Å²) < 4.78 is 5.78. The largest absolute Gasteiger partial charge is 0.487 e. The fourth-order valence-corrected chi connectivity index (χ4v) is 2.00. The highest BCUT2D eigenvalue weighted by molar-refractivity contribution is 5.78. The van der Waals surface area contributed by atoms with Gasteiger partial charge in [-0.3, -0.25) is 9.78 Å². The fraction of sp³-hybridized carbons (Fsp3) is 0.538. The average Bonchev–Trinajstić information content (AvgIpc) is 2.77. The molecule has 1 unspecified atom stereocenters. The molecule has 2 heterocycles. The van der Waals surface area contributed by atoms with Gasteiger partial charge in [0.2, 0.25) is 5.91 Å². The summed E-state index contributed by atoms with van der Waals surface area (Å²) in [5.41, 5.74) is 0. The molecule has 1 aromatic rings. The fourth-order valence-electron chi connectivity index (χ4n) is 2.00. The van der Waals surface area contributed by atoms with Crippen LogP contribution in [-0.4, -0.2) is 35.0 Å². The maximum absolute atomic E-state index is 11.8. The van der Waals surface area contributed by atoms with E-state index in [1.807, 2.05) is 30.9 Å². The molecule has 92 valence electrons. The Balaban J connectivity index is 1.88. The van der Waals surface area contributed by atoms with Gasteiger partial charge >= 0.3 is 0 Å². The third-order valence-electron chi connectivity index (χ3n) is 2.89. The van der Waals surface area contributed by atoms with Crippen molar-refractivity contribution in [3.05, 3.63) is 24.5 Å². The van der Waals surface area contributed by atoms with E-state index in [0.717, 1.165) is 18.7 Å². The number of carbonyl (C=O) groups excluding carboxylic acids is 1. The first kappa shape index (κ1) is 11.9. The number of hydrogen-bond acceptors (Lipinski definition) is 3. The zero-order chi connectivity index (χ0) is 12.3. The van der Waals surface area contributed by atoms with Crippen LogP contribution in [0, 0.1) is 5.92 Å². The normalized spacial score (nSPS) is 19.7. The SMILES string of the molecule is CC(C)C(=O)N1CCC(Oc2cccnc2)C1. The van der Waals surface area contributed by atoms with Crippen LogP contribution in [0.3, 0.4) is 0 Å². The van der Waals surface area contributed by atoms with Crippen LogP contribution in [0.15, 0.2) is 24.5 Å². The van der Waals surface area contributed by atoms with Gasteiger partial charge in [-0.25, -0.2) is 0 Å². The topological polar surface area (TPSA) is 42.4 Å². The van der Waals surface area contributed by atoms with Gasteiger partial charge in [0.25, 0.3) is 0 Å². The Morgan fingerprint density at radius 1 is 1.59 bits per heavy atom. The van der Waals surface area contributed by atoms with Crippen molar-refractivity contribution in [2.75, 3.05) is 13.1 Å². The van der Waals surface area contributed by atoms with E-state index in [2.05, 4.69) is 4.98 Å². The Morgan fingerprint density at radius 3 is 3.06 bits per heavy atom. The number of aromatic nitrogens is 1. The molecule has 1 fully saturated rings. The van der Waals surface area contributed by atoms with E-state index < -0.39 is 0 Å². The molecule has 4 nitrogen and oxygen atoms in total. The lowest BCUT2D eigenvalue weighted by Crippen LogP contribution is -2.33. The van der Waals surface area contributed by atoms with Gasteiger partial charge in [-0.05, 0) is 12.1 Å². The van der Waals surface area contributed by atoms with Crippen LogP contribution < -0.4 is 4.74 Å². The minimum absolute atomic E-state index is 0.0622. The lowest BCUT2D eigenvalue weighted by atomic mass is 10.2. The van der Waals surface area contributed by atoms with E-state index in [1.165, 1.54) is 0 Å². The first-order valence-electron chi connectivity index (χ1n) is 6.02. The second-order valence-corrected chi connectivity index (χ2v) is 4.66. The standard InChI is InChI=1S/C13H18N2O2/c1-10(2)13(16)15-7-5-12(9-15)17-11-4-3-6-14-8-11/h3-4,6,8,10,12H,5,7,9H2,1-2H3. The van der Waals surface area contributed by atoms with Crippen molar-refractivity contribution >= 4 is 5.91 Å². The summed E-state index contributed by atoms with van der Waals surface area (Å²) in [5.74, 6) is 1.05. The number of hydrogen-bond donors (Lipinski definition) is 0. The predicted octanol–water partition coefficient (Wildman–Crippen LogP) is 1.72. The van der Waals surface area contributed by atoms with Crippen LogP contribution in [0.5, 0.6) is 5.75 Å². The lowest BCUT2D eigenvalue weighted by molar-refractivity contribution is -0.133. The molecule has 0 N–H and O–H groups in total. The van der Waals surface area contributed by atoms with Crippen molar-refractivity contribution in [1.82, 2.24) is 9.88 Å². The van der Waals surface area contributed by atoms with Crippen molar-refractivity contribution in [1.29, 1.82) is 0 Å². The Bertz CT molecular complexity index is 378. The van der Waals surface area contributed by atoms with Gasteiger partial charge in [0.15, 0.2) is 0 Å². The quantitative estimate of drug-likeness (QED) is 0.799. The number of pyridine rings is 1. The molecule has 1 amide bonds. The zero-order valence-electron chi connectivity index (χ0n) is 10.3. The summed E-state index contributed by atoms with van der Waals surface area (Å²) in [6.45, 7) is 5.34. The summed E-state index contributed by atoms with van der Waals surface area (Å²) in [7, 11) is 0. The smallest absolute Gasteiger partial charge is 0.225 e. The zero-order valence-corrected chi connectivity index (χ0v) is 10.3. The average molecular weight is 234 g/mol. The third kappa shape index (κ3) is 2.96. The highest BCUT2D eigenvalue weighted by atomic mass is 16.5. The van der Waals surface area contributed by atoms with Crippen LogP contribution in [0.25, 0.3) is 0 Å². The first-order chi connectivity index (χ1) is 8.16. The van der Waals surface area contributed by atoms with Crippen LogP contribution in [-0.2, 0) is 4.79 Å².